The maximum atomic E-state index is 7.95. The Bertz CT molecular complexity index is 1940. The Morgan fingerprint density at radius 3 is 2.00 bits per heavy atom. The predicted octanol–water partition coefficient (Wildman–Crippen LogP) is 11.5. The maximum absolute atomic E-state index is 7.95. The third-order valence-electron chi connectivity index (χ3n) is 8.54. The number of nitrogen functional groups attached to an aromatic ring is 1. The number of anilines is 1. The van der Waals surface area contributed by atoms with Gasteiger partial charge in [-0.25, -0.2) is 0 Å². The van der Waals surface area contributed by atoms with Crippen molar-refractivity contribution in [1.82, 2.24) is 0 Å². The summed E-state index contributed by atoms with van der Waals surface area (Å²) in [6.45, 7) is 22.4. The molecule has 1 atom stereocenters. The highest BCUT2D eigenvalue weighted by Crippen LogP contribution is 2.57. The van der Waals surface area contributed by atoms with Gasteiger partial charge in [-0.3, -0.25) is 0 Å². The first-order valence-corrected chi connectivity index (χ1v) is 16.2. The summed E-state index contributed by atoms with van der Waals surface area (Å²) in [6.07, 6.45) is 14.8. The molecule has 1 aliphatic rings. The molecule has 5 rings (SSSR count). The Morgan fingerprint density at radius 2 is 1.39 bits per heavy atom. The van der Waals surface area contributed by atoms with Gasteiger partial charge >= 0.3 is 0 Å². The molecule has 0 heterocycles. The Hall–Kier alpha value is -5.77. The van der Waals surface area contributed by atoms with Gasteiger partial charge in [0.1, 0.15) is 0 Å². The molecular weight excluding hydrogens is 597 g/mol. The lowest BCUT2D eigenvalue weighted by molar-refractivity contribution is 0.399. The summed E-state index contributed by atoms with van der Waals surface area (Å²) in [4.78, 5) is 0. The lowest BCUT2D eigenvalue weighted by atomic mass is 9.66. The standard InChI is InChI=1S/C29H27N.C16H17N.CH4O/c1-6-21(7-2)20(5)29(19(3)4)27-14-9-8-13-25(27)26-16-15-23(18-28(26)29)22-11-10-12-24(30)17-22;1-3-8-15(9-4-2)16(17)13-12-14-10-6-5-7-11-14;1-2/h6-18H,1-3,30H2,4-5H3;3-13,17H,1H2,2H3;2H,1H3/b;9-4-,13-12-,15-8+,17-16?;. The molecule has 1 aliphatic carbocycles. The van der Waals surface area contributed by atoms with E-state index in [1.54, 1.807) is 12.2 Å². The van der Waals surface area contributed by atoms with Crippen LogP contribution in [0.25, 0.3) is 28.3 Å². The fourth-order valence-electron chi connectivity index (χ4n) is 6.35. The first-order chi connectivity index (χ1) is 23.7. The number of aliphatic hydroxyl groups is 1. The summed E-state index contributed by atoms with van der Waals surface area (Å²) >= 11 is 0. The van der Waals surface area contributed by atoms with Gasteiger partial charge in [-0.05, 0) is 101 Å². The fourth-order valence-corrected chi connectivity index (χ4v) is 6.35. The number of rotatable bonds is 10. The zero-order valence-electron chi connectivity index (χ0n) is 29.2. The van der Waals surface area contributed by atoms with Crippen LogP contribution in [0.15, 0.2) is 188 Å². The first-order valence-electron chi connectivity index (χ1n) is 16.2. The van der Waals surface area contributed by atoms with E-state index in [0.29, 0.717) is 5.71 Å². The molecule has 248 valence electrons. The molecule has 3 heteroatoms. The van der Waals surface area contributed by atoms with Crippen molar-refractivity contribution in [3.63, 3.8) is 0 Å². The maximum Gasteiger partial charge on any atom is 0.0634 e. The number of hydrogen-bond donors (Lipinski definition) is 3. The summed E-state index contributed by atoms with van der Waals surface area (Å²) < 4.78 is 0. The highest BCUT2D eigenvalue weighted by molar-refractivity contribution is 6.10. The normalized spacial score (nSPS) is 14.3. The minimum absolute atomic E-state index is 0.431. The van der Waals surface area contributed by atoms with E-state index in [0.717, 1.165) is 46.2 Å². The monoisotopic (exact) mass is 644 g/mol. The van der Waals surface area contributed by atoms with Gasteiger partial charge in [-0.15, -0.1) is 0 Å². The molecule has 0 aromatic heterocycles. The van der Waals surface area contributed by atoms with Crippen LogP contribution in [0.1, 0.15) is 37.5 Å². The molecule has 0 amide bonds. The van der Waals surface area contributed by atoms with Crippen LogP contribution in [0.4, 0.5) is 5.69 Å². The van der Waals surface area contributed by atoms with E-state index in [1.807, 2.05) is 91.9 Å². The molecule has 4 aromatic rings. The number of nitrogens with one attached hydrogen (secondary N) is 1. The summed E-state index contributed by atoms with van der Waals surface area (Å²) in [7, 11) is 1.00. The Kier molecular flexibility index (Phi) is 13.8. The SMILES string of the molecule is C=C/C=C(\C=C/C)C(=N)/C=C\c1ccccc1.C=CC(C=C)=C(C)C1(C(=C)C)c2ccccc2-c2ccc(-c3cccc(N)c3)cc21.CO. The van der Waals surface area contributed by atoms with E-state index in [9.17, 15) is 0 Å². The van der Waals surface area contributed by atoms with Crippen LogP contribution in [0, 0.1) is 5.41 Å². The van der Waals surface area contributed by atoms with Gasteiger partial charge < -0.3 is 16.2 Å². The van der Waals surface area contributed by atoms with Crippen molar-refractivity contribution in [3.05, 3.63) is 205 Å². The number of allylic oxidation sites excluding steroid dienone is 11. The molecule has 4 N–H and O–H groups in total. The molecule has 0 aliphatic heterocycles. The van der Waals surface area contributed by atoms with Crippen molar-refractivity contribution < 1.29 is 5.11 Å². The van der Waals surface area contributed by atoms with Crippen LogP contribution in [0.5, 0.6) is 0 Å². The fraction of sp³-hybridized carbons (Fsp3) is 0.109. The van der Waals surface area contributed by atoms with E-state index in [1.165, 1.54) is 27.8 Å². The van der Waals surface area contributed by atoms with Crippen LogP contribution < -0.4 is 5.73 Å². The minimum Gasteiger partial charge on any atom is -0.400 e. The lowest BCUT2D eigenvalue weighted by Gasteiger charge is -2.35. The highest BCUT2D eigenvalue weighted by Gasteiger charge is 2.45. The van der Waals surface area contributed by atoms with Gasteiger partial charge in [0, 0.05) is 12.8 Å². The van der Waals surface area contributed by atoms with Crippen molar-refractivity contribution in [2.75, 3.05) is 12.8 Å². The predicted molar refractivity (Wildman–Crippen MR) is 215 cm³/mol. The smallest absolute Gasteiger partial charge is 0.0634 e. The van der Waals surface area contributed by atoms with Crippen LogP contribution in [0.2, 0.25) is 0 Å². The average molecular weight is 645 g/mol. The molecule has 0 fully saturated rings. The summed E-state index contributed by atoms with van der Waals surface area (Å²) in [5.41, 5.74) is 19.4. The van der Waals surface area contributed by atoms with E-state index in [4.69, 9.17) is 16.2 Å². The number of nitrogens with two attached hydrogens (primary N) is 1. The zero-order chi connectivity index (χ0) is 36.0. The second-order valence-corrected chi connectivity index (χ2v) is 11.5. The van der Waals surface area contributed by atoms with Gasteiger partial charge in [0.25, 0.3) is 0 Å². The molecule has 0 bridgehead atoms. The lowest BCUT2D eigenvalue weighted by Crippen LogP contribution is -2.29. The largest absolute Gasteiger partial charge is 0.400 e. The van der Waals surface area contributed by atoms with E-state index >= 15 is 0 Å². The van der Waals surface area contributed by atoms with Gasteiger partial charge in [0.15, 0.2) is 0 Å². The van der Waals surface area contributed by atoms with E-state index in [2.05, 4.69) is 88.7 Å². The van der Waals surface area contributed by atoms with Crippen molar-refractivity contribution in [3.8, 4) is 22.3 Å². The molecule has 1 unspecified atom stereocenters. The molecule has 3 nitrogen and oxygen atoms in total. The van der Waals surface area contributed by atoms with Crippen molar-refractivity contribution in [2.45, 2.75) is 26.2 Å². The summed E-state index contributed by atoms with van der Waals surface area (Å²) in [6, 6.07) is 33.3. The van der Waals surface area contributed by atoms with Crippen LogP contribution in [-0.2, 0) is 5.41 Å². The summed E-state index contributed by atoms with van der Waals surface area (Å²) in [5, 5.41) is 14.9. The van der Waals surface area contributed by atoms with Crippen molar-refractivity contribution in [2.24, 2.45) is 0 Å². The van der Waals surface area contributed by atoms with E-state index < -0.39 is 5.41 Å². The molecule has 0 radical (unpaired) electrons. The molecule has 4 aromatic carbocycles. The third kappa shape index (κ3) is 8.21. The van der Waals surface area contributed by atoms with Crippen molar-refractivity contribution in [1.29, 1.82) is 5.41 Å². The second-order valence-electron chi connectivity index (χ2n) is 11.5. The van der Waals surface area contributed by atoms with Crippen LogP contribution >= 0.6 is 0 Å². The van der Waals surface area contributed by atoms with Crippen molar-refractivity contribution >= 4 is 17.5 Å². The van der Waals surface area contributed by atoms with E-state index in [-0.39, 0.29) is 0 Å². The summed E-state index contributed by atoms with van der Waals surface area (Å²) in [5.74, 6) is 0. The van der Waals surface area contributed by atoms with Crippen LogP contribution in [0.3, 0.4) is 0 Å². The van der Waals surface area contributed by atoms with Crippen LogP contribution in [-0.4, -0.2) is 17.9 Å². The van der Waals surface area contributed by atoms with Gasteiger partial charge in [0.2, 0.25) is 0 Å². The molecular formula is C46H48N2O. The Balaban J connectivity index is 0.000000292. The first kappa shape index (κ1) is 37.7. The van der Waals surface area contributed by atoms with Gasteiger partial charge in [0.05, 0.1) is 11.1 Å². The minimum atomic E-state index is -0.431. The molecule has 0 spiro atoms. The van der Waals surface area contributed by atoms with Gasteiger partial charge in [-0.1, -0.05) is 153 Å². The number of aliphatic hydroxyl groups excluding tert-OH is 1. The molecule has 49 heavy (non-hydrogen) atoms. The second kappa shape index (κ2) is 18.0. The number of benzene rings is 4. The average Bonchev–Trinajstić information content (AvgIpc) is 3.43. The Morgan fingerprint density at radius 1 is 0.755 bits per heavy atom. The number of fused-ring (bicyclic) bond motifs is 3. The highest BCUT2D eigenvalue weighted by atomic mass is 16.2. The quantitative estimate of drug-likeness (QED) is 0.0696. The molecule has 0 saturated heterocycles. The topological polar surface area (TPSA) is 70.1 Å². The third-order valence-corrected chi connectivity index (χ3v) is 8.54. The number of hydrogen-bond acceptors (Lipinski definition) is 3. The zero-order valence-corrected chi connectivity index (χ0v) is 29.2. The Labute approximate surface area is 293 Å². The molecule has 0 saturated carbocycles. The van der Waals surface area contributed by atoms with Gasteiger partial charge in [-0.2, -0.15) is 0 Å².